The van der Waals surface area contributed by atoms with E-state index >= 15 is 0 Å². The molecule has 0 heterocycles. The molecule has 0 saturated carbocycles. The van der Waals surface area contributed by atoms with Crippen LogP contribution in [0.4, 0.5) is 0 Å². The van der Waals surface area contributed by atoms with E-state index < -0.39 is 5.41 Å². The summed E-state index contributed by atoms with van der Waals surface area (Å²) in [6.07, 6.45) is 0.694. The van der Waals surface area contributed by atoms with Crippen molar-refractivity contribution >= 4 is 5.91 Å². The minimum atomic E-state index is -0.492. The van der Waals surface area contributed by atoms with Crippen LogP contribution in [0, 0.1) is 28.1 Å². The molecule has 1 amide bonds. The molecule has 0 aliphatic rings. The van der Waals surface area contributed by atoms with E-state index in [0.29, 0.717) is 6.42 Å². The molecular formula is C10H15N3O. The summed E-state index contributed by atoms with van der Waals surface area (Å²) in [7, 11) is 0. The summed E-state index contributed by atoms with van der Waals surface area (Å²) in [6.45, 7) is 5.51. The monoisotopic (exact) mass is 193 g/mol. The lowest BCUT2D eigenvalue weighted by Gasteiger charge is -2.27. The van der Waals surface area contributed by atoms with Crippen LogP contribution in [-0.2, 0) is 4.79 Å². The third-order valence-corrected chi connectivity index (χ3v) is 2.27. The molecular weight excluding hydrogens is 178 g/mol. The highest BCUT2D eigenvalue weighted by Crippen LogP contribution is 2.22. The first kappa shape index (κ1) is 12.4. The second kappa shape index (κ2) is 5.24. The topological polar surface area (TPSA) is 67.9 Å². The van der Waals surface area contributed by atoms with Crippen molar-refractivity contribution in [1.29, 1.82) is 10.5 Å². The van der Waals surface area contributed by atoms with Crippen LogP contribution in [0.25, 0.3) is 0 Å². The van der Waals surface area contributed by atoms with E-state index in [1.54, 1.807) is 0 Å². The van der Waals surface area contributed by atoms with Crippen LogP contribution in [0.1, 0.15) is 27.2 Å². The van der Waals surface area contributed by atoms with Crippen LogP contribution >= 0.6 is 0 Å². The SMILES string of the molecule is CCC(C)(C)C(=O)N(CC#N)CC#N. The average molecular weight is 193 g/mol. The van der Waals surface area contributed by atoms with Crippen LogP contribution in [0.2, 0.25) is 0 Å². The van der Waals surface area contributed by atoms with Crippen LogP contribution in [0.5, 0.6) is 0 Å². The van der Waals surface area contributed by atoms with Gasteiger partial charge in [0.2, 0.25) is 5.91 Å². The van der Waals surface area contributed by atoms with Gasteiger partial charge in [-0.25, -0.2) is 0 Å². The maximum Gasteiger partial charge on any atom is 0.229 e. The van der Waals surface area contributed by atoms with Gasteiger partial charge in [-0.05, 0) is 6.42 Å². The fraction of sp³-hybridized carbons (Fsp3) is 0.700. The van der Waals surface area contributed by atoms with Crippen LogP contribution in [0.15, 0.2) is 0 Å². The lowest BCUT2D eigenvalue weighted by atomic mass is 9.88. The zero-order valence-corrected chi connectivity index (χ0v) is 8.87. The molecule has 14 heavy (non-hydrogen) atoms. The molecule has 0 fully saturated rings. The largest absolute Gasteiger partial charge is 0.316 e. The predicted molar refractivity (Wildman–Crippen MR) is 51.9 cm³/mol. The van der Waals surface area contributed by atoms with Crippen molar-refractivity contribution in [2.24, 2.45) is 5.41 Å². The number of nitrogens with zero attached hydrogens (tertiary/aromatic N) is 3. The van der Waals surface area contributed by atoms with Crippen LogP contribution < -0.4 is 0 Å². The van der Waals surface area contributed by atoms with Gasteiger partial charge in [0.25, 0.3) is 0 Å². The van der Waals surface area contributed by atoms with Crippen molar-refractivity contribution in [2.45, 2.75) is 27.2 Å². The number of hydrogen-bond acceptors (Lipinski definition) is 3. The molecule has 0 aromatic heterocycles. The quantitative estimate of drug-likeness (QED) is 0.632. The Kier molecular flexibility index (Phi) is 4.66. The Balaban J connectivity index is 4.62. The molecule has 4 nitrogen and oxygen atoms in total. The first-order valence-corrected chi connectivity index (χ1v) is 4.53. The molecule has 0 unspecified atom stereocenters. The van der Waals surface area contributed by atoms with Crippen molar-refractivity contribution in [2.75, 3.05) is 13.1 Å². The van der Waals surface area contributed by atoms with E-state index in [1.807, 2.05) is 32.9 Å². The summed E-state index contributed by atoms with van der Waals surface area (Å²) in [5, 5.41) is 17.0. The molecule has 0 atom stereocenters. The second-order valence-electron chi connectivity index (χ2n) is 3.71. The molecule has 0 aromatic rings. The summed E-state index contributed by atoms with van der Waals surface area (Å²) in [5.74, 6) is -0.136. The molecule has 0 bridgehead atoms. The number of nitriles is 2. The van der Waals surface area contributed by atoms with Gasteiger partial charge in [-0.2, -0.15) is 10.5 Å². The van der Waals surface area contributed by atoms with Crippen LogP contribution in [0.3, 0.4) is 0 Å². The van der Waals surface area contributed by atoms with Gasteiger partial charge in [-0.1, -0.05) is 20.8 Å². The summed E-state index contributed by atoms with van der Waals surface area (Å²) in [4.78, 5) is 13.1. The first-order chi connectivity index (χ1) is 6.49. The highest BCUT2D eigenvalue weighted by Gasteiger charge is 2.29. The Hall–Kier alpha value is -1.55. The van der Waals surface area contributed by atoms with E-state index in [4.69, 9.17) is 10.5 Å². The Morgan fingerprint density at radius 3 is 2.00 bits per heavy atom. The number of amides is 1. The normalized spacial score (nSPS) is 10.1. The van der Waals surface area contributed by atoms with E-state index in [-0.39, 0.29) is 19.0 Å². The fourth-order valence-corrected chi connectivity index (χ4v) is 0.949. The highest BCUT2D eigenvalue weighted by molar-refractivity contribution is 5.82. The Labute approximate surface area is 84.7 Å². The second-order valence-corrected chi connectivity index (χ2v) is 3.71. The van der Waals surface area contributed by atoms with Gasteiger partial charge in [0.05, 0.1) is 12.1 Å². The van der Waals surface area contributed by atoms with Crippen molar-refractivity contribution in [3.05, 3.63) is 0 Å². The smallest absolute Gasteiger partial charge is 0.229 e. The van der Waals surface area contributed by atoms with E-state index in [9.17, 15) is 4.79 Å². The Morgan fingerprint density at radius 1 is 1.29 bits per heavy atom. The predicted octanol–water partition coefficient (Wildman–Crippen LogP) is 1.30. The maximum atomic E-state index is 11.8. The molecule has 0 aliphatic heterocycles. The Morgan fingerprint density at radius 2 is 1.71 bits per heavy atom. The minimum Gasteiger partial charge on any atom is -0.316 e. The van der Waals surface area contributed by atoms with Gasteiger partial charge in [-0.3, -0.25) is 4.79 Å². The summed E-state index contributed by atoms with van der Waals surface area (Å²) in [6, 6.07) is 3.77. The molecule has 0 radical (unpaired) electrons. The van der Waals surface area contributed by atoms with E-state index in [1.165, 1.54) is 4.90 Å². The molecule has 0 spiro atoms. The minimum absolute atomic E-state index is 0.0180. The fourth-order valence-electron chi connectivity index (χ4n) is 0.949. The molecule has 4 heteroatoms. The molecule has 0 aliphatic carbocycles. The van der Waals surface area contributed by atoms with E-state index in [2.05, 4.69) is 0 Å². The van der Waals surface area contributed by atoms with Crippen molar-refractivity contribution in [3.8, 4) is 12.1 Å². The number of carbonyl (C=O) groups excluding carboxylic acids is 1. The molecule has 0 N–H and O–H groups in total. The maximum absolute atomic E-state index is 11.8. The summed E-state index contributed by atoms with van der Waals surface area (Å²) in [5.41, 5.74) is -0.492. The van der Waals surface area contributed by atoms with Gasteiger partial charge in [0.1, 0.15) is 13.1 Å². The zero-order chi connectivity index (χ0) is 11.2. The molecule has 0 aromatic carbocycles. The average Bonchev–Trinajstić information content (AvgIpc) is 2.16. The van der Waals surface area contributed by atoms with Gasteiger partial charge >= 0.3 is 0 Å². The van der Waals surface area contributed by atoms with Gasteiger partial charge < -0.3 is 4.90 Å². The summed E-state index contributed by atoms with van der Waals surface area (Å²) < 4.78 is 0. The highest BCUT2D eigenvalue weighted by atomic mass is 16.2. The van der Waals surface area contributed by atoms with Crippen molar-refractivity contribution in [3.63, 3.8) is 0 Å². The van der Waals surface area contributed by atoms with Crippen LogP contribution in [-0.4, -0.2) is 23.9 Å². The lowest BCUT2D eigenvalue weighted by molar-refractivity contribution is -0.139. The van der Waals surface area contributed by atoms with Gasteiger partial charge in [0.15, 0.2) is 0 Å². The molecule has 0 saturated heterocycles. The molecule has 76 valence electrons. The summed E-state index contributed by atoms with van der Waals surface area (Å²) >= 11 is 0. The van der Waals surface area contributed by atoms with Crippen molar-refractivity contribution in [1.82, 2.24) is 4.90 Å². The first-order valence-electron chi connectivity index (χ1n) is 4.53. The number of hydrogen-bond donors (Lipinski definition) is 0. The van der Waals surface area contributed by atoms with Gasteiger partial charge in [-0.15, -0.1) is 0 Å². The standard InChI is InChI=1S/C10H15N3O/c1-4-10(2,3)9(14)13(7-5-11)8-6-12/h4,7-8H2,1-3H3. The Bertz CT molecular complexity index is 267. The third kappa shape index (κ3) is 3.06. The lowest BCUT2D eigenvalue weighted by Crippen LogP contribution is -2.41. The van der Waals surface area contributed by atoms with Gasteiger partial charge in [0, 0.05) is 5.41 Å². The van der Waals surface area contributed by atoms with Crippen molar-refractivity contribution < 1.29 is 4.79 Å². The zero-order valence-electron chi connectivity index (χ0n) is 8.87. The molecule has 0 rings (SSSR count). The third-order valence-electron chi connectivity index (χ3n) is 2.27. The number of rotatable bonds is 4. The van der Waals surface area contributed by atoms with E-state index in [0.717, 1.165) is 0 Å². The number of carbonyl (C=O) groups is 1.